The van der Waals surface area contributed by atoms with Crippen LogP contribution in [0.2, 0.25) is 10.0 Å². The van der Waals surface area contributed by atoms with Crippen molar-refractivity contribution >= 4 is 29.1 Å². The van der Waals surface area contributed by atoms with Gasteiger partial charge < -0.3 is 10.6 Å². The summed E-state index contributed by atoms with van der Waals surface area (Å²) in [6, 6.07) is 16.6. The molecule has 0 aliphatic carbocycles. The molecule has 0 bridgehead atoms. The average molecular weight is 374 g/mol. The van der Waals surface area contributed by atoms with Crippen LogP contribution in [0.3, 0.4) is 0 Å². The molecule has 6 heteroatoms. The van der Waals surface area contributed by atoms with Crippen LogP contribution in [0.1, 0.15) is 11.1 Å². The zero-order valence-electron chi connectivity index (χ0n) is 13.4. The normalized spacial score (nSPS) is 10.8. The van der Waals surface area contributed by atoms with Crippen molar-refractivity contribution in [2.75, 3.05) is 6.54 Å². The van der Waals surface area contributed by atoms with E-state index in [1.165, 1.54) is 6.20 Å². The van der Waals surface area contributed by atoms with Gasteiger partial charge in [0.1, 0.15) is 11.6 Å². The summed E-state index contributed by atoms with van der Waals surface area (Å²) >= 11 is 11.9. The number of benzene rings is 2. The number of amides is 1. The first kappa shape index (κ1) is 18.9. The van der Waals surface area contributed by atoms with E-state index in [-0.39, 0.29) is 5.57 Å². The van der Waals surface area contributed by atoms with Crippen LogP contribution in [-0.4, -0.2) is 12.5 Å². The second kappa shape index (κ2) is 9.73. The van der Waals surface area contributed by atoms with Crippen LogP contribution in [0.25, 0.3) is 0 Å². The molecule has 128 valence electrons. The number of nitriles is 1. The van der Waals surface area contributed by atoms with Crippen molar-refractivity contribution in [2.45, 2.75) is 13.0 Å². The van der Waals surface area contributed by atoms with Gasteiger partial charge in [-0.15, -0.1) is 0 Å². The molecule has 0 spiro atoms. The molecular formula is C19H17Cl2N3O. The summed E-state index contributed by atoms with van der Waals surface area (Å²) in [5.41, 5.74) is 1.94. The summed E-state index contributed by atoms with van der Waals surface area (Å²) < 4.78 is 0. The summed E-state index contributed by atoms with van der Waals surface area (Å²) in [5, 5.41) is 16.2. The lowest BCUT2D eigenvalue weighted by atomic mass is 10.1. The third kappa shape index (κ3) is 6.15. The second-order valence-corrected chi connectivity index (χ2v) is 6.12. The molecule has 2 aromatic carbocycles. The van der Waals surface area contributed by atoms with Gasteiger partial charge in [0.05, 0.1) is 0 Å². The highest BCUT2D eigenvalue weighted by molar-refractivity contribution is 6.31. The Labute approximate surface area is 157 Å². The summed E-state index contributed by atoms with van der Waals surface area (Å²) in [5.74, 6) is -0.428. The highest BCUT2D eigenvalue weighted by Crippen LogP contribution is 2.14. The first-order valence-corrected chi connectivity index (χ1v) is 8.45. The molecule has 2 aromatic rings. The van der Waals surface area contributed by atoms with Gasteiger partial charge in [0.15, 0.2) is 0 Å². The summed E-state index contributed by atoms with van der Waals surface area (Å²) in [7, 11) is 0. The zero-order chi connectivity index (χ0) is 18.1. The van der Waals surface area contributed by atoms with Crippen molar-refractivity contribution < 1.29 is 4.79 Å². The maximum Gasteiger partial charge on any atom is 0.263 e. The fraction of sp³-hybridized carbons (Fsp3) is 0.158. The van der Waals surface area contributed by atoms with E-state index in [0.29, 0.717) is 29.6 Å². The van der Waals surface area contributed by atoms with Crippen LogP contribution >= 0.6 is 23.2 Å². The largest absolute Gasteiger partial charge is 0.389 e. The molecule has 0 aliphatic heterocycles. The Hall–Kier alpha value is -2.48. The van der Waals surface area contributed by atoms with E-state index in [1.54, 1.807) is 12.1 Å². The standard InChI is InChI=1S/C19H17Cl2N3O/c20-17-7-5-14(6-8-17)12-24-19(25)16(11-22)13-23-10-9-15-3-1-2-4-18(15)21/h1-8,13,23H,9-10,12H2,(H,24,25)/b16-13-. The molecule has 0 radical (unpaired) electrons. The van der Waals surface area contributed by atoms with Gasteiger partial charge in [0.25, 0.3) is 5.91 Å². The van der Waals surface area contributed by atoms with Crippen molar-refractivity contribution in [1.82, 2.24) is 10.6 Å². The minimum atomic E-state index is -0.428. The van der Waals surface area contributed by atoms with Crippen LogP contribution in [0.4, 0.5) is 0 Å². The molecule has 0 saturated heterocycles. The Balaban J connectivity index is 1.82. The predicted octanol–water partition coefficient (Wildman–Crippen LogP) is 3.85. The monoisotopic (exact) mass is 373 g/mol. The lowest BCUT2D eigenvalue weighted by Gasteiger charge is -2.06. The summed E-state index contributed by atoms with van der Waals surface area (Å²) in [6.07, 6.45) is 2.12. The number of nitrogens with one attached hydrogen (secondary N) is 2. The number of nitrogens with zero attached hydrogens (tertiary/aromatic N) is 1. The molecule has 0 aliphatic rings. The Morgan fingerprint density at radius 1 is 1.12 bits per heavy atom. The van der Waals surface area contributed by atoms with Gasteiger partial charge in [-0.1, -0.05) is 53.5 Å². The van der Waals surface area contributed by atoms with Gasteiger partial charge in [-0.05, 0) is 35.7 Å². The highest BCUT2D eigenvalue weighted by atomic mass is 35.5. The zero-order valence-corrected chi connectivity index (χ0v) is 14.9. The van der Waals surface area contributed by atoms with Gasteiger partial charge in [0, 0.05) is 29.3 Å². The first-order chi connectivity index (χ1) is 12.1. The Kier molecular flexibility index (Phi) is 7.34. The lowest BCUT2D eigenvalue weighted by molar-refractivity contribution is -0.117. The van der Waals surface area contributed by atoms with Crippen molar-refractivity contribution in [1.29, 1.82) is 5.26 Å². The van der Waals surface area contributed by atoms with Gasteiger partial charge >= 0.3 is 0 Å². The van der Waals surface area contributed by atoms with Crippen molar-refractivity contribution in [3.63, 3.8) is 0 Å². The fourth-order valence-corrected chi connectivity index (χ4v) is 2.47. The molecular weight excluding hydrogens is 357 g/mol. The third-order valence-corrected chi connectivity index (χ3v) is 4.10. The first-order valence-electron chi connectivity index (χ1n) is 7.70. The number of rotatable bonds is 7. The number of carbonyl (C=O) groups excluding carboxylic acids is 1. The summed E-state index contributed by atoms with van der Waals surface area (Å²) in [6.45, 7) is 0.897. The Morgan fingerprint density at radius 3 is 2.52 bits per heavy atom. The van der Waals surface area contributed by atoms with Crippen LogP contribution in [0.5, 0.6) is 0 Å². The van der Waals surface area contributed by atoms with Gasteiger partial charge in [-0.3, -0.25) is 4.79 Å². The van der Waals surface area contributed by atoms with E-state index in [4.69, 9.17) is 28.5 Å². The molecule has 0 aromatic heterocycles. The fourth-order valence-electron chi connectivity index (χ4n) is 2.11. The van der Waals surface area contributed by atoms with Gasteiger partial charge in [0.2, 0.25) is 0 Å². The molecule has 4 nitrogen and oxygen atoms in total. The molecule has 0 atom stereocenters. The summed E-state index contributed by atoms with van der Waals surface area (Å²) in [4.78, 5) is 12.0. The van der Waals surface area contributed by atoms with Crippen LogP contribution in [0, 0.1) is 11.3 Å². The molecule has 0 fully saturated rings. The van der Waals surface area contributed by atoms with E-state index in [2.05, 4.69) is 10.6 Å². The number of carbonyl (C=O) groups is 1. The van der Waals surface area contributed by atoms with Crippen LogP contribution < -0.4 is 10.6 Å². The predicted molar refractivity (Wildman–Crippen MR) is 100 cm³/mol. The second-order valence-electron chi connectivity index (χ2n) is 5.27. The van der Waals surface area contributed by atoms with Crippen LogP contribution in [0.15, 0.2) is 60.3 Å². The number of hydrogen-bond donors (Lipinski definition) is 2. The third-order valence-electron chi connectivity index (χ3n) is 3.47. The van der Waals surface area contributed by atoms with Crippen molar-refractivity contribution in [3.05, 3.63) is 81.5 Å². The molecule has 0 heterocycles. The molecule has 0 unspecified atom stereocenters. The van der Waals surface area contributed by atoms with Crippen molar-refractivity contribution in [2.24, 2.45) is 0 Å². The quantitative estimate of drug-likeness (QED) is 0.440. The molecule has 1 amide bonds. The lowest BCUT2D eigenvalue weighted by Crippen LogP contribution is -2.25. The maximum atomic E-state index is 12.0. The molecule has 2 rings (SSSR count). The molecule has 0 saturated carbocycles. The minimum Gasteiger partial charge on any atom is -0.389 e. The smallest absolute Gasteiger partial charge is 0.263 e. The Bertz CT molecular complexity index is 795. The maximum absolute atomic E-state index is 12.0. The van der Waals surface area contributed by atoms with E-state index in [9.17, 15) is 4.79 Å². The van der Waals surface area contributed by atoms with Crippen molar-refractivity contribution in [3.8, 4) is 6.07 Å². The van der Waals surface area contributed by atoms with E-state index in [1.807, 2.05) is 42.5 Å². The van der Waals surface area contributed by atoms with Gasteiger partial charge in [-0.2, -0.15) is 5.26 Å². The number of halogens is 2. The van der Waals surface area contributed by atoms with Gasteiger partial charge in [-0.25, -0.2) is 0 Å². The Morgan fingerprint density at radius 2 is 1.84 bits per heavy atom. The van der Waals surface area contributed by atoms with E-state index in [0.717, 1.165) is 11.1 Å². The SMILES string of the molecule is N#C/C(=C/NCCc1ccccc1Cl)C(=O)NCc1ccc(Cl)cc1. The van der Waals surface area contributed by atoms with E-state index >= 15 is 0 Å². The average Bonchev–Trinajstić information content (AvgIpc) is 2.62. The van der Waals surface area contributed by atoms with Crippen LogP contribution in [-0.2, 0) is 17.8 Å². The highest BCUT2D eigenvalue weighted by Gasteiger charge is 2.08. The molecule has 25 heavy (non-hydrogen) atoms. The minimum absolute atomic E-state index is 0.0214. The molecule has 2 N–H and O–H groups in total. The van der Waals surface area contributed by atoms with E-state index < -0.39 is 5.91 Å². The topological polar surface area (TPSA) is 64.9 Å². The number of hydrogen-bond acceptors (Lipinski definition) is 3.